The van der Waals surface area contributed by atoms with Crippen molar-refractivity contribution in [1.82, 2.24) is 4.72 Å². The lowest BCUT2D eigenvalue weighted by molar-refractivity contribution is 0.440. The van der Waals surface area contributed by atoms with Crippen LogP contribution in [0.3, 0.4) is 0 Å². The molecule has 1 fully saturated rings. The molecule has 0 spiro atoms. The molecule has 0 heterocycles. The number of hydrogen-bond acceptors (Lipinski definition) is 2. The fraction of sp³-hybridized carbons (Fsp3) is 0.467. The average molecular weight is 312 g/mol. The van der Waals surface area contributed by atoms with Gasteiger partial charge in [0.25, 0.3) is 0 Å². The molecular formula is C15H18ClNO2S. The lowest BCUT2D eigenvalue weighted by Crippen LogP contribution is -2.32. The summed E-state index contributed by atoms with van der Waals surface area (Å²) in [5, 5.41) is 0.501. The fourth-order valence-electron chi connectivity index (χ4n) is 3.23. The molecular weight excluding hydrogens is 294 g/mol. The second-order valence-corrected chi connectivity index (χ2v) is 7.95. The van der Waals surface area contributed by atoms with E-state index in [1.54, 1.807) is 24.3 Å². The molecule has 3 nitrogen and oxygen atoms in total. The van der Waals surface area contributed by atoms with Gasteiger partial charge >= 0.3 is 0 Å². The first-order chi connectivity index (χ1) is 9.53. The normalized spacial score (nSPS) is 28.1. The minimum absolute atomic E-state index is 0.0523. The van der Waals surface area contributed by atoms with Gasteiger partial charge in [0.1, 0.15) is 0 Å². The molecule has 1 aromatic rings. The van der Waals surface area contributed by atoms with Gasteiger partial charge in [0.15, 0.2) is 0 Å². The number of fused-ring (bicyclic) bond motifs is 2. The first-order valence-electron chi connectivity index (χ1n) is 6.92. The zero-order valence-corrected chi connectivity index (χ0v) is 12.7. The second-order valence-electron chi connectivity index (χ2n) is 5.74. The van der Waals surface area contributed by atoms with Gasteiger partial charge in [0, 0.05) is 11.6 Å². The molecule has 0 unspecified atom stereocenters. The highest BCUT2D eigenvalue weighted by Crippen LogP contribution is 2.43. The number of benzene rings is 1. The number of nitrogens with one attached hydrogen (secondary N) is 1. The third-order valence-electron chi connectivity index (χ3n) is 4.29. The summed E-state index contributed by atoms with van der Waals surface area (Å²) in [6.07, 6.45) is 6.80. The molecule has 0 saturated heterocycles. The van der Waals surface area contributed by atoms with Crippen LogP contribution in [0.15, 0.2) is 36.4 Å². The van der Waals surface area contributed by atoms with Crippen molar-refractivity contribution < 1.29 is 8.42 Å². The van der Waals surface area contributed by atoms with E-state index in [4.69, 9.17) is 11.6 Å². The summed E-state index contributed by atoms with van der Waals surface area (Å²) in [4.78, 5) is 0. The summed E-state index contributed by atoms with van der Waals surface area (Å²) in [7, 11) is -3.32. The highest BCUT2D eigenvalue weighted by Gasteiger charge is 2.35. The first-order valence-corrected chi connectivity index (χ1v) is 8.95. The monoisotopic (exact) mass is 311 g/mol. The van der Waals surface area contributed by atoms with Gasteiger partial charge in [-0.3, -0.25) is 0 Å². The predicted molar refractivity (Wildman–Crippen MR) is 80.9 cm³/mol. The van der Waals surface area contributed by atoms with E-state index in [-0.39, 0.29) is 5.75 Å². The largest absolute Gasteiger partial charge is 0.215 e. The van der Waals surface area contributed by atoms with Crippen LogP contribution < -0.4 is 4.72 Å². The van der Waals surface area contributed by atoms with Crippen LogP contribution in [0.1, 0.15) is 18.4 Å². The van der Waals surface area contributed by atoms with Gasteiger partial charge in [-0.2, -0.15) is 0 Å². The molecule has 1 aromatic carbocycles. The summed E-state index contributed by atoms with van der Waals surface area (Å²) < 4.78 is 27.0. The molecule has 3 rings (SSSR count). The van der Waals surface area contributed by atoms with Crippen molar-refractivity contribution in [2.45, 2.75) is 18.6 Å². The molecule has 2 aliphatic rings. The molecule has 0 amide bonds. The van der Waals surface area contributed by atoms with E-state index in [0.29, 0.717) is 34.9 Å². The third-order valence-corrected chi connectivity index (χ3v) is 5.95. The molecule has 2 bridgehead atoms. The highest BCUT2D eigenvalue weighted by atomic mass is 35.5. The predicted octanol–water partition coefficient (Wildman–Crippen LogP) is 2.97. The van der Waals surface area contributed by atoms with Crippen LogP contribution in [-0.2, 0) is 15.8 Å². The lowest BCUT2D eigenvalue weighted by atomic mass is 9.94. The SMILES string of the molecule is O=S(=O)(Cc1ccccc1Cl)NC[C@@H]1C[C@H]2C=C[C@H]1C2. The molecule has 0 aromatic heterocycles. The van der Waals surface area contributed by atoms with Gasteiger partial charge in [-0.25, -0.2) is 13.1 Å². The molecule has 20 heavy (non-hydrogen) atoms. The summed E-state index contributed by atoms with van der Waals surface area (Å²) >= 11 is 6.01. The Kier molecular flexibility index (Phi) is 3.89. The number of allylic oxidation sites excluding steroid dienone is 2. The summed E-state index contributed by atoms with van der Waals surface area (Å²) in [5.74, 6) is 1.62. The Morgan fingerprint density at radius 2 is 2.00 bits per heavy atom. The smallest absolute Gasteiger partial charge is 0.215 e. The van der Waals surface area contributed by atoms with E-state index in [1.165, 1.54) is 6.42 Å². The Labute approximate surface area is 125 Å². The Hall–Kier alpha value is -0.840. The topological polar surface area (TPSA) is 46.2 Å². The third kappa shape index (κ3) is 3.08. The zero-order valence-electron chi connectivity index (χ0n) is 11.1. The maximum absolute atomic E-state index is 12.1. The van der Waals surface area contributed by atoms with Crippen LogP contribution in [0.5, 0.6) is 0 Å². The number of sulfonamides is 1. The van der Waals surface area contributed by atoms with E-state index in [0.717, 1.165) is 6.42 Å². The maximum atomic E-state index is 12.1. The Morgan fingerprint density at radius 3 is 2.65 bits per heavy atom. The van der Waals surface area contributed by atoms with Gasteiger partial charge < -0.3 is 0 Å². The first kappa shape index (κ1) is 14.1. The molecule has 3 atom stereocenters. The molecule has 5 heteroatoms. The van der Waals surface area contributed by atoms with Crippen molar-refractivity contribution in [2.75, 3.05) is 6.54 Å². The van der Waals surface area contributed by atoms with Gasteiger partial charge in [0.05, 0.1) is 5.75 Å². The van der Waals surface area contributed by atoms with Gasteiger partial charge in [0.2, 0.25) is 10.0 Å². The van der Waals surface area contributed by atoms with Crippen LogP contribution in [0.4, 0.5) is 0 Å². The van der Waals surface area contributed by atoms with Crippen LogP contribution in [-0.4, -0.2) is 15.0 Å². The van der Waals surface area contributed by atoms with Crippen LogP contribution in [0, 0.1) is 17.8 Å². The van der Waals surface area contributed by atoms with Gasteiger partial charge in [-0.05, 0) is 42.2 Å². The molecule has 108 valence electrons. The quantitative estimate of drug-likeness (QED) is 0.850. The van der Waals surface area contributed by atoms with Crippen molar-refractivity contribution >= 4 is 21.6 Å². The Morgan fingerprint density at radius 1 is 1.20 bits per heavy atom. The number of hydrogen-bond donors (Lipinski definition) is 1. The minimum Gasteiger partial charge on any atom is -0.215 e. The van der Waals surface area contributed by atoms with Crippen molar-refractivity contribution in [3.63, 3.8) is 0 Å². The van der Waals surface area contributed by atoms with Crippen LogP contribution in [0.25, 0.3) is 0 Å². The highest BCUT2D eigenvalue weighted by molar-refractivity contribution is 7.88. The van der Waals surface area contributed by atoms with E-state index in [9.17, 15) is 8.42 Å². The van der Waals surface area contributed by atoms with Crippen molar-refractivity contribution in [2.24, 2.45) is 17.8 Å². The summed E-state index contributed by atoms with van der Waals surface area (Å²) in [5.41, 5.74) is 0.648. The average Bonchev–Trinajstić information content (AvgIpc) is 3.01. The van der Waals surface area contributed by atoms with Crippen LogP contribution >= 0.6 is 11.6 Å². The molecule has 2 aliphatic carbocycles. The fourth-order valence-corrected chi connectivity index (χ4v) is 4.75. The van der Waals surface area contributed by atoms with E-state index < -0.39 is 10.0 Å². The minimum atomic E-state index is -3.32. The zero-order chi connectivity index (χ0) is 14.2. The van der Waals surface area contributed by atoms with Gasteiger partial charge in [-0.15, -0.1) is 0 Å². The number of halogens is 1. The van der Waals surface area contributed by atoms with Crippen molar-refractivity contribution in [3.05, 3.63) is 47.0 Å². The molecule has 0 radical (unpaired) electrons. The Bertz CT molecular complexity index is 627. The maximum Gasteiger partial charge on any atom is 0.215 e. The molecule has 1 N–H and O–H groups in total. The summed E-state index contributed by atoms with van der Waals surface area (Å²) in [6, 6.07) is 7.07. The second kappa shape index (κ2) is 5.51. The van der Waals surface area contributed by atoms with Gasteiger partial charge in [-0.1, -0.05) is 42.0 Å². The number of rotatable bonds is 5. The van der Waals surface area contributed by atoms with E-state index >= 15 is 0 Å². The van der Waals surface area contributed by atoms with Crippen LogP contribution in [0.2, 0.25) is 5.02 Å². The van der Waals surface area contributed by atoms with E-state index in [2.05, 4.69) is 16.9 Å². The van der Waals surface area contributed by atoms with Crippen molar-refractivity contribution in [1.29, 1.82) is 0 Å². The molecule has 1 saturated carbocycles. The lowest BCUT2D eigenvalue weighted by Gasteiger charge is -2.18. The van der Waals surface area contributed by atoms with Crippen molar-refractivity contribution in [3.8, 4) is 0 Å². The Balaban J connectivity index is 1.59. The molecule has 0 aliphatic heterocycles. The van der Waals surface area contributed by atoms with E-state index in [1.807, 2.05) is 0 Å². The standard InChI is InChI=1S/C15H18ClNO2S/c16-15-4-2-1-3-13(15)10-20(18,19)17-9-14-8-11-5-6-12(14)7-11/h1-6,11-12,14,17H,7-10H2/t11-,12-,14-/m0/s1. The summed E-state index contributed by atoms with van der Waals surface area (Å²) in [6.45, 7) is 0.540.